The van der Waals surface area contributed by atoms with Crippen molar-refractivity contribution in [2.24, 2.45) is 0 Å². The van der Waals surface area contributed by atoms with Crippen LogP contribution in [-0.4, -0.2) is 48.1 Å². The average Bonchev–Trinajstić information content (AvgIpc) is 2.89. The first kappa shape index (κ1) is 12.1. The molecule has 0 radical (unpaired) electrons. The SMILES string of the molecule is CC(NCc1cnco1)C(=O)N1CCOCC1. The van der Waals surface area contributed by atoms with Crippen LogP contribution < -0.4 is 5.32 Å². The highest BCUT2D eigenvalue weighted by Gasteiger charge is 2.21. The number of carbonyl (C=O) groups is 1. The zero-order valence-corrected chi connectivity index (χ0v) is 9.89. The van der Waals surface area contributed by atoms with Gasteiger partial charge in [-0.1, -0.05) is 0 Å². The summed E-state index contributed by atoms with van der Waals surface area (Å²) in [6, 6.07) is -0.224. The van der Waals surface area contributed by atoms with Crippen molar-refractivity contribution in [2.75, 3.05) is 26.3 Å². The smallest absolute Gasteiger partial charge is 0.239 e. The van der Waals surface area contributed by atoms with Gasteiger partial charge < -0.3 is 14.1 Å². The number of oxazole rings is 1. The normalized spacial score (nSPS) is 18.1. The second kappa shape index (κ2) is 5.79. The summed E-state index contributed by atoms with van der Waals surface area (Å²) >= 11 is 0. The van der Waals surface area contributed by atoms with E-state index >= 15 is 0 Å². The lowest BCUT2D eigenvalue weighted by atomic mass is 10.2. The van der Waals surface area contributed by atoms with Crippen molar-refractivity contribution >= 4 is 5.91 Å². The second-order valence-corrected chi connectivity index (χ2v) is 4.01. The fraction of sp³-hybridized carbons (Fsp3) is 0.636. The Balaban J connectivity index is 1.78. The van der Waals surface area contributed by atoms with Gasteiger partial charge in [0, 0.05) is 13.1 Å². The molecule has 2 rings (SSSR count). The number of morpholine rings is 1. The Morgan fingerprint density at radius 2 is 2.35 bits per heavy atom. The number of hydrogen-bond donors (Lipinski definition) is 1. The minimum atomic E-state index is -0.224. The van der Waals surface area contributed by atoms with Gasteiger partial charge in [0.2, 0.25) is 5.91 Å². The zero-order valence-electron chi connectivity index (χ0n) is 9.89. The number of hydrogen-bond acceptors (Lipinski definition) is 5. The molecule has 1 saturated heterocycles. The van der Waals surface area contributed by atoms with Crippen LogP contribution in [0.3, 0.4) is 0 Å². The number of carbonyl (C=O) groups excluding carboxylic acids is 1. The van der Waals surface area contributed by atoms with Crippen molar-refractivity contribution in [2.45, 2.75) is 19.5 Å². The number of nitrogens with one attached hydrogen (secondary N) is 1. The molecule has 0 aromatic carbocycles. The number of aromatic nitrogens is 1. The van der Waals surface area contributed by atoms with Gasteiger partial charge in [-0.2, -0.15) is 0 Å². The molecule has 0 spiro atoms. The zero-order chi connectivity index (χ0) is 12.1. The minimum Gasteiger partial charge on any atom is -0.447 e. The molecule has 1 aliphatic rings. The van der Waals surface area contributed by atoms with Crippen molar-refractivity contribution in [3.63, 3.8) is 0 Å². The molecular weight excluding hydrogens is 222 g/mol. The first-order chi connectivity index (χ1) is 8.27. The van der Waals surface area contributed by atoms with Gasteiger partial charge in [0.15, 0.2) is 6.39 Å². The third-order valence-electron chi connectivity index (χ3n) is 2.76. The second-order valence-electron chi connectivity index (χ2n) is 4.01. The molecule has 1 fully saturated rings. The molecule has 1 amide bonds. The van der Waals surface area contributed by atoms with E-state index in [-0.39, 0.29) is 11.9 Å². The number of amides is 1. The molecule has 1 atom stereocenters. The number of ether oxygens (including phenoxy) is 1. The Hall–Kier alpha value is -1.40. The van der Waals surface area contributed by atoms with Crippen LogP contribution in [0.5, 0.6) is 0 Å². The highest BCUT2D eigenvalue weighted by atomic mass is 16.5. The summed E-state index contributed by atoms with van der Waals surface area (Å²) in [5.74, 6) is 0.833. The predicted octanol–water partition coefficient (Wildman–Crippen LogP) is 0.0115. The van der Waals surface area contributed by atoms with E-state index in [1.165, 1.54) is 6.39 Å². The van der Waals surface area contributed by atoms with Crippen LogP contribution in [0.15, 0.2) is 17.0 Å². The Morgan fingerprint density at radius 3 is 3.00 bits per heavy atom. The van der Waals surface area contributed by atoms with Crippen molar-refractivity contribution in [1.29, 1.82) is 0 Å². The first-order valence-electron chi connectivity index (χ1n) is 5.74. The molecule has 6 nitrogen and oxygen atoms in total. The summed E-state index contributed by atoms with van der Waals surface area (Å²) in [6.07, 6.45) is 3.02. The van der Waals surface area contributed by atoms with Crippen LogP contribution in [-0.2, 0) is 16.1 Å². The molecule has 0 bridgehead atoms. The van der Waals surface area contributed by atoms with E-state index in [0.717, 1.165) is 5.76 Å². The maximum atomic E-state index is 12.0. The van der Waals surface area contributed by atoms with Gasteiger partial charge in [0.25, 0.3) is 0 Å². The molecule has 17 heavy (non-hydrogen) atoms. The summed E-state index contributed by atoms with van der Waals surface area (Å²) < 4.78 is 10.3. The molecule has 1 aromatic heterocycles. The van der Waals surface area contributed by atoms with Crippen molar-refractivity contribution < 1.29 is 13.9 Å². The molecule has 0 aliphatic carbocycles. The fourth-order valence-electron chi connectivity index (χ4n) is 1.73. The summed E-state index contributed by atoms with van der Waals surface area (Å²) in [5, 5.41) is 3.12. The average molecular weight is 239 g/mol. The largest absolute Gasteiger partial charge is 0.447 e. The third kappa shape index (κ3) is 3.28. The maximum Gasteiger partial charge on any atom is 0.239 e. The van der Waals surface area contributed by atoms with Crippen molar-refractivity contribution in [3.05, 3.63) is 18.4 Å². The predicted molar refractivity (Wildman–Crippen MR) is 60.2 cm³/mol. The molecule has 6 heteroatoms. The van der Waals surface area contributed by atoms with E-state index in [1.54, 1.807) is 6.20 Å². The lowest BCUT2D eigenvalue weighted by molar-refractivity contribution is -0.137. The van der Waals surface area contributed by atoms with Crippen LogP contribution in [0.1, 0.15) is 12.7 Å². The van der Waals surface area contributed by atoms with Gasteiger partial charge in [0.1, 0.15) is 5.76 Å². The molecule has 1 N–H and O–H groups in total. The van der Waals surface area contributed by atoms with Crippen LogP contribution in [0.4, 0.5) is 0 Å². The van der Waals surface area contributed by atoms with Crippen molar-refractivity contribution in [3.8, 4) is 0 Å². The molecule has 1 aliphatic heterocycles. The van der Waals surface area contributed by atoms with Gasteiger partial charge >= 0.3 is 0 Å². The Kier molecular flexibility index (Phi) is 4.11. The minimum absolute atomic E-state index is 0.104. The van der Waals surface area contributed by atoms with E-state index in [1.807, 2.05) is 11.8 Å². The molecule has 1 aromatic rings. The van der Waals surface area contributed by atoms with E-state index < -0.39 is 0 Å². The summed E-state index contributed by atoms with van der Waals surface area (Å²) in [6.45, 7) is 4.97. The number of nitrogens with zero attached hydrogens (tertiary/aromatic N) is 2. The summed E-state index contributed by atoms with van der Waals surface area (Å²) in [5.41, 5.74) is 0. The monoisotopic (exact) mass is 239 g/mol. The van der Waals surface area contributed by atoms with Gasteiger partial charge in [-0.25, -0.2) is 4.98 Å². The third-order valence-corrected chi connectivity index (χ3v) is 2.76. The van der Waals surface area contributed by atoms with Crippen molar-refractivity contribution in [1.82, 2.24) is 15.2 Å². The Labute approximate surface area is 99.9 Å². The maximum absolute atomic E-state index is 12.0. The Bertz CT molecular complexity index is 347. The molecule has 1 unspecified atom stereocenters. The van der Waals surface area contributed by atoms with E-state index in [2.05, 4.69) is 10.3 Å². The Morgan fingerprint density at radius 1 is 1.59 bits per heavy atom. The highest BCUT2D eigenvalue weighted by molar-refractivity contribution is 5.81. The van der Waals surface area contributed by atoms with E-state index in [9.17, 15) is 4.79 Å². The van der Waals surface area contributed by atoms with Gasteiger partial charge in [-0.05, 0) is 6.92 Å². The molecule has 0 saturated carbocycles. The van der Waals surface area contributed by atoms with E-state index in [4.69, 9.17) is 9.15 Å². The van der Waals surface area contributed by atoms with Crippen LogP contribution in [0.25, 0.3) is 0 Å². The lowest BCUT2D eigenvalue weighted by Gasteiger charge is -2.29. The fourth-order valence-corrected chi connectivity index (χ4v) is 1.73. The highest BCUT2D eigenvalue weighted by Crippen LogP contribution is 2.02. The van der Waals surface area contributed by atoms with Gasteiger partial charge in [0.05, 0.1) is 32.0 Å². The summed E-state index contributed by atoms with van der Waals surface area (Å²) in [7, 11) is 0. The van der Waals surface area contributed by atoms with E-state index in [0.29, 0.717) is 32.8 Å². The first-order valence-corrected chi connectivity index (χ1v) is 5.74. The lowest BCUT2D eigenvalue weighted by Crippen LogP contribution is -2.49. The quantitative estimate of drug-likeness (QED) is 0.801. The molecule has 2 heterocycles. The molecule has 94 valence electrons. The summed E-state index contributed by atoms with van der Waals surface area (Å²) in [4.78, 5) is 17.7. The van der Waals surface area contributed by atoms with Crippen LogP contribution in [0.2, 0.25) is 0 Å². The number of rotatable bonds is 4. The molecular formula is C11H17N3O3. The van der Waals surface area contributed by atoms with Crippen LogP contribution >= 0.6 is 0 Å². The van der Waals surface area contributed by atoms with Gasteiger partial charge in [-0.15, -0.1) is 0 Å². The van der Waals surface area contributed by atoms with Gasteiger partial charge in [-0.3, -0.25) is 10.1 Å². The topological polar surface area (TPSA) is 67.6 Å². The van der Waals surface area contributed by atoms with Crippen LogP contribution in [0, 0.1) is 0 Å². The standard InChI is InChI=1S/C11H17N3O3/c1-9(13-7-10-6-12-8-17-10)11(15)14-2-4-16-5-3-14/h6,8-9,13H,2-5,7H2,1H3.